The second-order valence-electron chi connectivity index (χ2n) is 2.63. The maximum absolute atomic E-state index is 12.7. The highest BCUT2D eigenvalue weighted by Crippen LogP contribution is 2.24. The van der Waals surface area contributed by atoms with E-state index in [0.717, 1.165) is 4.90 Å². The zero-order valence-electron chi connectivity index (χ0n) is 7.38. The fraction of sp³-hybridized carbons (Fsp3) is 0.125. The lowest BCUT2D eigenvalue weighted by Crippen LogP contribution is -1.86. The van der Waals surface area contributed by atoms with Crippen LogP contribution in [0.2, 0.25) is 0 Å². The monoisotopic (exact) mass is 210 g/mol. The minimum Gasteiger partial charge on any atom is -0.275 e. The van der Waals surface area contributed by atoms with Crippen LogP contribution in [0, 0.1) is 5.95 Å². The lowest BCUT2D eigenvalue weighted by molar-refractivity contribution is 0.572. The molecule has 6 heteroatoms. The summed E-state index contributed by atoms with van der Waals surface area (Å²) >= 11 is 1.35. The summed E-state index contributed by atoms with van der Waals surface area (Å²) in [7, 11) is 1.82. The van der Waals surface area contributed by atoms with Gasteiger partial charge in [0.25, 0.3) is 0 Å². The van der Waals surface area contributed by atoms with Crippen LogP contribution in [0.4, 0.5) is 4.39 Å². The molecule has 0 saturated heterocycles. The third-order valence-electron chi connectivity index (χ3n) is 1.51. The first-order valence-corrected chi connectivity index (χ1v) is 4.70. The Kier molecular flexibility index (Phi) is 2.45. The Labute approximate surface area is 84.2 Å². The first-order chi connectivity index (χ1) is 6.74. The Bertz CT molecular complexity index is 442. The molecule has 0 fully saturated rings. The second-order valence-corrected chi connectivity index (χ2v) is 3.72. The molecule has 14 heavy (non-hydrogen) atoms. The average Bonchev–Trinajstić information content (AvgIpc) is 2.51. The van der Waals surface area contributed by atoms with Gasteiger partial charge in [0, 0.05) is 19.3 Å². The van der Waals surface area contributed by atoms with Gasteiger partial charge in [-0.15, -0.1) is 0 Å². The van der Waals surface area contributed by atoms with Crippen molar-refractivity contribution in [3.8, 4) is 0 Å². The van der Waals surface area contributed by atoms with Crippen molar-refractivity contribution in [3.63, 3.8) is 0 Å². The fourth-order valence-electron chi connectivity index (χ4n) is 0.945. The van der Waals surface area contributed by atoms with E-state index in [1.165, 1.54) is 24.2 Å². The molecule has 0 amide bonds. The molecule has 2 heterocycles. The van der Waals surface area contributed by atoms with E-state index in [-0.39, 0.29) is 0 Å². The van der Waals surface area contributed by atoms with Crippen molar-refractivity contribution < 1.29 is 4.39 Å². The van der Waals surface area contributed by atoms with E-state index >= 15 is 0 Å². The van der Waals surface area contributed by atoms with E-state index in [1.807, 2.05) is 13.2 Å². The highest BCUT2D eigenvalue weighted by molar-refractivity contribution is 7.99. The molecule has 0 N–H and O–H groups in total. The molecule has 4 nitrogen and oxygen atoms in total. The van der Waals surface area contributed by atoms with Crippen LogP contribution in [-0.4, -0.2) is 19.7 Å². The van der Waals surface area contributed by atoms with Crippen molar-refractivity contribution >= 4 is 11.8 Å². The zero-order chi connectivity index (χ0) is 9.97. The smallest absolute Gasteiger partial charge is 0.217 e. The summed E-state index contributed by atoms with van der Waals surface area (Å²) in [5, 5.41) is 4.57. The zero-order valence-corrected chi connectivity index (χ0v) is 8.20. The van der Waals surface area contributed by atoms with Crippen molar-refractivity contribution in [1.29, 1.82) is 0 Å². The number of hydrogen-bond donors (Lipinski definition) is 0. The standard InChI is InChI=1S/C8H7FN4S/c1-13-4-6(3-12-13)14-8-2-7(9)10-5-11-8/h2-5H,1H3. The summed E-state index contributed by atoms with van der Waals surface area (Å²) in [6.07, 6.45) is 4.74. The van der Waals surface area contributed by atoms with Gasteiger partial charge in [0.2, 0.25) is 5.95 Å². The summed E-state index contributed by atoms with van der Waals surface area (Å²) in [5.74, 6) is -0.522. The largest absolute Gasteiger partial charge is 0.275 e. The number of aryl methyl sites for hydroxylation is 1. The van der Waals surface area contributed by atoms with E-state index in [1.54, 1.807) is 10.9 Å². The van der Waals surface area contributed by atoms with E-state index in [2.05, 4.69) is 15.1 Å². The molecule has 0 spiro atoms. The summed E-state index contributed by atoms with van der Waals surface area (Å²) in [5.41, 5.74) is 0. The summed E-state index contributed by atoms with van der Waals surface area (Å²) in [6, 6.07) is 1.29. The molecule has 0 aromatic carbocycles. The molecule has 0 aliphatic carbocycles. The fourth-order valence-corrected chi connectivity index (χ4v) is 1.75. The van der Waals surface area contributed by atoms with Crippen molar-refractivity contribution in [2.75, 3.05) is 0 Å². The summed E-state index contributed by atoms with van der Waals surface area (Å²) in [6.45, 7) is 0. The second kappa shape index (κ2) is 3.75. The Balaban J connectivity index is 2.18. The molecule has 72 valence electrons. The molecule has 2 aromatic heterocycles. The van der Waals surface area contributed by atoms with Crippen LogP contribution < -0.4 is 0 Å². The van der Waals surface area contributed by atoms with Gasteiger partial charge in [-0.3, -0.25) is 4.68 Å². The summed E-state index contributed by atoms with van der Waals surface area (Å²) < 4.78 is 14.4. The third-order valence-corrected chi connectivity index (χ3v) is 2.39. The van der Waals surface area contributed by atoms with E-state index in [9.17, 15) is 4.39 Å². The molecule has 0 aliphatic rings. The van der Waals surface area contributed by atoms with Gasteiger partial charge in [0.05, 0.1) is 11.1 Å². The molecule has 2 rings (SSSR count). The van der Waals surface area contributed by atoms with Crippen LogP contribution in [0.1, 0.15) is 0 Å². The van der Waals surface area contributed by atoms with Crippen molar-refractivity contribution in [2.45, 2.75) is 9.92 Å². The lowest BCUT2D eigenvalue weighted by atomic mass is 10.7. The van der Waals surface area contributed by atoms with Gasteiger partial charge in [-0.05, 0) is 0 Å². The average molecular weight is 210 g/mol. The topological polar surface area (TPSA) is 43.6 Å². The SMILES string of the molecule is Cn1cc(Sc2cc(F)ncn2)cn1. The maximum Gasteiger partial charge on any atom is 0.217 e. The highest BCUT2D eigenvalue weighted by Gasteiger charge is 2.02. The molecule has 2 aromatic rings. The predicted octanol–water partition coefficient (Wildman–Crippen LogP) is 1.50. The van der Waals surface area contributed by atoms with E-state index in [4.69, 9.17) is 0 Å². The molecule has 0 saturated carbocycles. The van der Waals surface area contributed by atoms with Crippen LogP contribution in [0.5, 0.6) is 0 Å². The van der Waals surface area contributed by atoms with Gasteiger partial charge < -0.3 is 0 Å². The van der Waals surface area contributed by atoms with Crippen molar-refractivity contribution in [1.82, 2.24) is 19.7 Å². The quantitative estimate of drug-likeness (QED) is 0.704. The normalized spacial score (nSPS) is 10.4. The van der Waals surface area contributed by atoms with Gasteiger partial charge in [-0.2, -0.15) is 9.49 Å². The molecule has 0 atom stereocenters. The van der Waals surface area contributed by atoms with E-state index in [0.29, 0.717) is 5.03 Å². The minimum absolute atomic E-state index is 0.522. The first kappa shape index (κ1) is 9.14. The van der Waals surface area contributed by atoms with Crippen LogP contribution in [0.25, 0.3) is 0 Å². The number of halogens is 1. The van der Waals surface area contributed by atoms with Gasteiger partial charge in [0.15, 0.2) is 0 Å². The van der Waals surface area contributed by atoms with Crippen molar-refractivity contribution in [3.05, 3.63) is 30.7 Å². The number of nitrogens with zero attached hydrogens (tertiary/aromatic N) is 4. The Morgan fingerprint density at radius 3 is 2.93 bits per heavy atom. The van der Waals surface area contributed by atoms with Crippen LogP contribution in [0.15, 0.2) is 34.7 Å². The van der Waals surface area contributed by atoms with Crippen molar-refractivity contribution in [2.24, 2.45) is 7.05 Å². The maximum atomic E-state index is 12.7. The highest BCUT2D eigenvalue weighted by atomic mass is 32.2. The predicted molar refractivity (Wildman–Crippen MR) is 49.3 cm³/mol. The lowest BCUT2D eigenvalue weighted by Gasteiger charge is -1.95. The van der Waals surface area contributed by atoms with E-state index < -0.39 is 5.95 Å². The molecule has 0 radical (unpaired) electrons. The summed E-state index contributed by atoms with van der Waals surface area (Å²) in [4.78, 5) is 8.22. The molecule has 0 bridgehead atoms. The van der Waals surface area contributed by atoms with Gasteiger partial charge in [-0.25, -0.2) is 9.97 Å². The number of hydrogen-bond acceptors (Lipinski definition) is 4. The Morgan fingerprint density at radius 2 is 2.29 bits per heavy atom. The molecule has 0 aliphatic heterocycles. The Hall–Kier alpha value is -1.43. The van der Waals surface area contributed by atoms with Gasteiger partial charge >= 0.3 is 0 Å². The minimum atomic E-state index is -0.522. The third kappa shape index (κ3) is 2.08. The first-order valence-electron chi connectivity index (χ1n) is 3.88. The number of aromatic nitrogens is 4. The molecular weight excluding hydrogens is 203 g/mol. The van der Waals surface area contributed by atoms with Crippen LogP contribution >= 0.6 is 11.8 Å². The van der Waals surface area contributed by atoms with Crippen LogP contribution in [0.3, 0.4) is 0 Å². The Morgan fingerprint density at radius 1 is 1.43 bits per heavy atom. The molecule has 0 unspecified atom stereocenters. The van der Waals surface area contributed by atoms with Gasteiger partial charge in [0.1, 0.15) is 11.4 Å². The van der Waals surface area contributed by atoms with Crippen LogP contribution in [-0.2, 0) is 7.05 Å². The number of rotatable bonds is 2. The molecular formula is C8H7FN4S. The van der Waals surface area contributed by atoms with Gasteiger partial charge in [-0.1, -0.05) is 11.8 Å².